The van der Waals surface area contributed by atoms with Crippen LogP contribution in [0.25, 0.3) is 0 Å². The Morgan fingerprint density at radius 3 is 2.27 bits per heavy atom. The molecule has 0 aromatic rings. The molecule has 0 spiro atoms. The maximum absolute atomic E-state index is 12.0. The van der Waals surface area contributed by atoms with E-state index in [1.165, 1.54) is 0 Å². The Labute approximate surface area is 64.7 Å². The molecule has 2 N–H and O–H groups in total. The highest BCUT2D eigenvalue weighted by atomic mass is 19.3. The van der Waals surface area contributed by atoms with Crippen molar-refractivity contribution in [2.24, 2.45) is 11.7 Å². The van der Waals surface area contributed by atoms with Crippen molar-refractivity contribution in [2.45, 2.75) is 25.3 Å². The third-order valence-electron chi connectivity index (χ3n) is 2.10. The quantitative estimate of drug-likeness (QED) is 0.662. The molecule has 0 aromatic carbocycles. The predicted octanol–water partition coefficient (Wildman–Crippen LogP) is 1.01. The van der Waals surface area contributed by atoms with Gasteiger partial charge in [0.25, 0.3) is 6.43 Å². The highest BCUT2D eigenvalue weighted by molar-refractivity contribution is 4.76. The molecule has 1 unspecified atom stereocenters. The lowest BCUT2D eigenvalue weighted by atomic mass is 9.93. The summed E-state index contributed by atoms with van der Waals surface area (Å²) in [5.74, 6) is -0.0521. The molecule has 0 aliphatic carbocycles. The van der Waals surface area contributed by atoms with Crippen LogP contribution in [-0.2, 0) is 4.74 Å². The Bertz CT molecular complexity index is 115. The molecule has 2 nitrogen and oxygen atoms in total. The first-order valence-corrected chi connectivity index (χ1v) is 3.83. The second-order valence-electron chi connectivity index (χ2n) is 2.86. The fraction of sp³-hybridized carbons (Fsp3) is 1.00. The van der Waals surface area contributed by atoms with Crippen molar-refractivity contribution >= 4 is 0 Å². The molecule has 0 radical (unpaired) electrons. The molecule has 1 aliphatic heterocycles. The number of hydrogen-bond acceptors (Lipinski definition) is 2. The molecule has 0 aromatic heterocycles. The van der Waals surface area contributed by atoms with Gasteiger partial charge in [-0.25, -0.2) is 8.78 Å². The Morgan fingerprint density at radius 1 is 1.27 bits per heavy atom. The van der Waals surface area contributed by atoms with Gasteiger partial charge in [-0.15, -0.1) is 0 Å². The summed E-state index contributed by atoms with van der Waals surface area (Å²) in [6.45, 7) is 1.15. The summed E-state index contributed by atoms with van der Waals surface area (Å²) in [4.78, 5) is 0. The first kappa shape index (κ1) is 8.87. The van der Waals surface area contributed by atoms with Crippen LogP contribution in [0.2, 0.25) is 0 Å². The van der Waals surface area contributed by atoms with Crippen molar-refractivity contribution in [3.05, 3.63) is 0 Å². The molecule has 1 aliphatic rings. The van der Waals surface area contributed by atoms with E-state index in [2.05, 4.69) is 0 Å². The normalized spacial score (nSPS) is 24.0. The third kappa shape index (κ3) is 2.38. The van der Waals surface area contributed by atoms with Crippen molar-refractivity contribution in [1.82, 2.24) is 0 Å². The first-order valence-electron chi connectivity index (χ1n) is 3.83. The standard InChI is InChI=1S/C7H13F2NO/c8-7(9)6(10)5-1-3-11-4-2-5/h5-7H,1-4,10H2. The van der Waals surface area contributed by atoms with Crippen LogP contribution in [0, 0.1) is 5.92 Å². The monoisotopic (exact) mass is 165 g/mol. The third-order valence-corrected chi connectivity index (χ3v) is 2.10. The highest BCUT2D eigenvalue weighted by Gasteiger charge is 2.27. The van der Waals surface area contributed by atoms with Crippen molar-refractivity contribution in [2.75, 3.05) is 13.2 Å². The molecule has 1 heterocycles. The highest BCUT2D eigenvalue weighted by Crippen LogP contribution is 2.20. The second kappa shape index (κ2) is 3.97. The van der Waals surface area contributed by atoms with Crippen LogP contribution >= 0.6 is 0 Å². The number of ether oxygens (including phenoxy) is 1. The van der Waals surface area contributed by atoms with Crippen molar-refractivity contribution in [3.8, 4) is 0 Å². The zero-order chi connectivity index (χ0) is 8.27. The summed E-state index contributed by atoms with van der Waals surface area (Å²) in [7, 11) is 0. The lowest BCUT2D eigenvalue weighted by Gasteiger charge is -2.26. The zero-order valence-corrected chi connectivity index (χ0v) is 6.30. The van der Waals surface area contributed by atoms with Gasteiger partial charge < -0.3 is 10.5 Å². The molecule has 0 amide bonds. The Morgan fingerprint density at radius 2 is 1.82 bits per heavy atom. The summed E-state index contributed by atoms with van der Waals surface area (Å²) in [5.41, 5.74) is 5.29. The van der Waals surface area contributed by atoms with E-state index in [0.717, 1.165) is 0 Å². The van der Waals surface area contributed by atoms with Crippen molar-refractivity contribution < 1.29 is 13.5 Å². The summed E-state index contributed by atoms with van der Waals surface area (Å²) in [6, 6.07) is -0.959. The Hall–Kier alpha value is -0.220. The van der Waals surface area contributed by atoms with Gasteiger partial charge in [-0.05, 0) is 18.8 Å². The number of halogens is 2. The van der Waals surface area contributed by atoms with E-state index in [1.54, 1.807) is 0 Å². The van der Waals surface area contributed by atoms with E-state index in [4.69, 9.17) is 10.5 Å². The van der Waals surface area contributed by atoms with E-state index < -0.39 is 12.5 Å². The van der Waals surface area contributed by atoms with Gasteiger partial charge in [0.1, 0.15) is 0 Å². The van der Waals surface area contributed by atoms with E-state index in [-0.39, 0.29) is 5.92 Å². The topological polar surface area (TPSA) is 35.2 Å². The van der Waals surface area contributed by atoms with Gasteiger partial charge in [0.15, 0.2) is 0 Å². The molecular weight excluding hydrogens is 152 g/mol. The molecular formula is C7H13F2NO. The minimum Gasteiger partial charge on any atom is -0.381 e. The molecule has 0 saturated carbocycles. The number of hydrogen-bond donors (Lipinski definition) is 1. The van der Waals surface area contributed by atoms with Crippen LogP contribution < -0.4 is 5.73 Å². The van der Waals surface area contributed by atoms with Gasteiger partial charge in [0.2, 0.25) is 0 Å². The molecule has 1 atom stereocenters. The molecule has 1 rings (SSSR count). The predicted molar refractivity (Wildman–Crippen MR) is 37.5 cm³/mol. The van der Waals surface area contributed by atoms with E-state index >= 15 is 0 Å². The fourth-order valence-electron chi connectivity index (χ4n) is 1.31. The van der Waals surface area contributed by atoms with Crippen LogP contribution in [0.4, 0.5) is 8.78 Å². The van der Waals surface area contributed by atoms with Crippen LogP contribution in [0.3, 0.4) is 0 Å². The fourth-order valence-corrected chi connectivity index (χ4v) is 1.31. The lowest BCUT2D eigenvalue weighted by Crippen LogP contribution is -2.39. The van der Waals surface area contributed by atoms with Gasteiger partial charge in [0, 0.05) is 13.2 Å². The smallest absolute Gasteiger partial charge is 0.253 e. The maximum atomic E-state index is 12.0. The van der Waals surface area contributed by atoms with Gasteiger partial charge in [-0.3, -0.25) is 0 Å². The van der Waals surface area contributed by atoms with Gasteiger partial charge in [0.05, 0.1) is 6.04 Å². The molecule has 11 heavy (non-hydrogen) atoms. The van der Waals surface area contributed by atoms with E-state index in [9.17, 15) is 8.78 Å². The Balaban J connectivity index is 2.32. The van der Waals surface area contributed by atoms with Crippen LogP contribution in [0.15, 0.2) is 0 Å². The van der Waals surface area contributed by atoms with Gasteiger partial charge in [-0.2, -0.15) is 0 Å². The average Bonchev–Trinajstić information content (AvgIpc) is 2.05. The first-order chi connectivity index (χ1) is 5.22. The number of alkyl halides is 2. The van der Waals surface area contributed by atoms with Crippen LogP contribution in [0.1, 0.15) is 12.8 Å². The molecule has 1 fully saturated rings. The van der Waals surface area contributed by atoms with E-state index in [1.807, 2.05) is 0 Å². The summed E-state index contributed by atoms with van der Waals surface area (Å²) in [5, 5.41) is 0. The van der Waals surface area contributed by atoms with Gasteiger partial charge in [-0.1, -0.05) is 0 Å². The van der Waals surface area contributed by atoms with Crippen LogP contribution in [-0.4, -0.2) is 25.7 Å². The zero-order valence-electron chi connectivity index (χ0n) is 6.30. The van der Waals surface area contributed by atoms with Crippen molar-refractivity contribution in [3.63, 3.8) is 0 Å². The maximum Gasteiger partial charge on any atom is 0.253 e. The SMILES string of the molecule is NC(C(F)F)C1CCOCC1. The summed E-state index contributed by atoms with van der Waals surface area (Å²) >= 11 is 0. The number of nitrogens with two attached hydrogens (primary N) is 1. The molecule has 1 saturated heterocycles. The van der Waals surface area contributed by atoms with Crippen molar-refractivity contribution in [1.29, 1.82) is 0 Å². The second-order valence-corrected chi connectivity index (χ2v) is 2.86. The molecule has 66 valence electrons. The summed E-state index contributed by atoms with van der Waals surface area (Å²) in [6.07, 6.45) is -1.05. The van der Waals surface area contributed by atoms with Gasteiger partial charge >= 0.3 is 0 Å². The average molecular weight is 165 g/mol. The minimum atomic E-state index is -2.39. The minimum absolute atomic E-state index is 0.0521. The number of rotatable bonds is 2. The summed E-state index contributed by atoms with van der Waals surface area (Å²) < 4.78 is 29.1. The largest absolute Gasteiger partial charge is 0.381 e. The van der Waals surface area contributed by atoms with Crippen LogP contribution in [0.5, 0.6) is 0 Å². The van der Waals surface area contributed by atoms with E-state index in [0.29, 0.717) is 26.1 Å². The molecule has 4 heteroatoms. The lowest BCUT2D eigenvalue weighted by molar-refractivity contribution is 0.0209. The Kier molecular flexibility index (Phi) is 3.20. The molecule has 0 bridgehead atoms.